The standard InChI is InChI=1S/C30H32ClN5O4S2/c1-40-28-24(31)12-13-26-27(28)33-30(41-26)35-19-17-34(18-20-35)16-14-32-29(37)22-8-10-23(11-9-22)42(38,39)36-15-4-6-21-5-2-3-7-25(21)36/h2-3,5,7-13H,4,6,14-20H2,1H3,(H,32,37). The summed E-state index contributed by atoms with van der Waals surface area (Å²) in [6, 6.07) is 17.6. The van der Waals surface area contributed by atoms with Gasteiger partial charge in [0.05, 0.1) is 27.4 Å². The van der Waals surface area contributed by atoms with Crippen LogP contribution in [0.1, 0.15) is 22.3 Å². The predicted octanol–water partition coefficient (Wildman–Crippen LogP) is 4.65. The summed E-state index contributed by atoms with van der Waals surface area (Å²) < 4.78 is 34.7. The average Bonchev–Trinajstić information content (AvgIpc) is 3.45. The topological polar surface area (TPSA) is 95.1 Å². The van der Waals surface area contributed by atoms with Gasteiger partial charge in [0.2, 0.25) is 0 Å². The van der Waals surface area contributed by atoms with Crippen molar-refractivity contribution < 1.29 is 17.9 Å². The van der Waals surface area contributed by atoms with Crippen LogP contribution in [0.2, 0.25) is 5.02 Å². The fourth-order valence-electron chi connectivity index (χ4n) is 5.51. The second-order valence-corrected chi connectivity index (χ2v) is 13.6. The number of rotatable bonds is 8. The highest BCUT2D eigenvalue weighted by atomic mass is 35.5. The molecule has 9 nitrogen and oxygen atoms in total. The van der Waals surface area contributed by atoms with Gasteiger partial charge in [0, 0.05) is 51.4 Å². The molecule has 2 aliphatic rings. The summed E-state index contributed by atoms with van der Waals surface area (Å²) in [7, 11) is -2.11. The van der Waals surface area contributed by atoms with Gasteiger partial charge in [0.15, 0.2) is 10.9 Å². The number of hydrogen-bond acceptors (Lipinski definition) is 8. The van der Waals surface area contributed by atoms with Gasteiger partial charge in [-0.2, -0.15) is 0 Å². The van der Waals surface area contributed by atoms with Gasteiger partial charge < -0.3 is 15.0 Å². The van der Waals surface area contributed by atoms with Gasteiger partial charge in [0.25, 0.3) is 15.9 Å². The van der Waals surface area contributed by atoms with E-state index in [1.54, 1.807) is 30.6 Å². The summed E-state index contributed by atoms with van der Waals surface area (Å²) in [5.74, 6) is 0.387. The molecule has 3 heterocycles. The van der Waals surface area contributed by atoms with E-state index in [9.17, 15) is 13.2 Å². The molecule has 1 aromatic heterocycles. The van der Waals surface area contributed by atoms with Gasteiger partial charge in [-0.05, 0) is 60.9 Å². The zero-order valence-corrected chi connectivity index (χ0v) is 25.6. The zero-order valence-electron chi connectivity index (χ0n) is 23.3. The van der Waals surface area contributed by atoms with Crippen molar-refractivity contribution in [3.8, 4) is 5.75 Å². The highest BCUT2D eigenvalue weighted by Crippen LogP contribution is 2.38. The fourth-order valence-corrected chi connectivity index (χ4v) is 8.30. The van der Waals surface area contributed by atoms with Crippen LogP contribution >= 0.6 is 22.9 Å². The third kappa shape index (κ3) is 5.66. The number of halogens is 1. The Labute approximate surface area is 254 Å². The monoisotopic (exact) mass is 625 g/mol. The number of aromatic nitrogens is 1. The molecule has 0 atom stereocenters. The lowest BCUT2D eigenvalue weighted by atomic mass is 10.0. The summed E-state index contributed by atoms with van der Waals surface area (Å²) in [6.07, 6.45) is 1.64. The maximum absolute atomic E-state index is 13.4. The number of para-hydroxylation sites is 1. The number of carbonyl (C=O) groups is 1. The molecule has 6 rings (SSSR count). The van der Waals surface area contributed by atoms with Crippen molar-refractivity contribution in [1.82, 2.24) is 15.2 Å². The van der Waals surface area contributed by atoms with Crippen LogP contribution < -0.4 is 19.3 Å². The Morgan fingerprint density at radius 2 is 1.79 bits per heavy atom. The number of sulfonamides is 1. The molecule has 42 heavy (non-hydrogen) atoms. The van der Waals surface area contributed by atoms with E-state index in [0.717, 1.165) is 72.2 Å². The van der Waals surface area contributed by atoms with Crippen LogP contribution in [0.3, 0.4) is 0 Å². The summed E-state index contributed by atoms with van der Waals surface area (Å²) in [6.45, 7) is 5.05. The van der Waals surface area contributed by atoms with E-state index in [4.69, 9.17) is 21.3 Å². The Morgan fingerprint density at radius 3 is 2.55 bits per heavy atom. The Kier molecular flexibility index (Phi) is 8.26. The molecule has 1 amide bonds. The Hall–Kier alpha value is -3.38. The lowest BCUT2D eigenvalue weighted by Gasteiger charge is -2.34. The molecule has 1 saturated heterocycles. The van der Waals surface area contributed by atoms with Crippen LogP contribution in [-0.2, 0) is 16.4 Å². The van der Waals surface area contributed by atoms with Crippen LogP contribution in [0.15, 0.2) is 65.6 Å². The number of anilines is 2. The number of thiazole rings is 1. The van der Waals surface area contributed by atoms with E-state index in [1.165, 1.54) is 16.4 Å². The summed E-state index contributed by atoms with van der Waals surface area (Å²) >= 11 is 7.89. The normalized spacial score (nSPS) is 16.0. The highest BCUT2D eigenvalue weighted by Gasteiger charge is 2.29. The quantitative estimate of drug-likeness (QED) is 0.305. The largest absolute Gasteiger partial charge is 0.493 e. The van der Waals surface area contributed by atoms with E-state index in [2.05, 4.69) is 15.1 Å². The van der Waals surface area contributed by atoms with Crippen molar-refractivity contribution in [2.45, 2.75) is 17.7 Å². The van der Waals surface area contributed by atoms with Crippen molar-refractivity contribution in [2.24, 2.45) is 0 Å². The SMILES string of the molecule is COc1c(Cl)ccc2sc(N3CCN(CCNC(=O)c4ccc(S(=O)(=O)N5CCCc6ccccc65)cc4)CC3)nc12. The third-order valence-corrected chi connectivity index (χ3v) is 11.0. The van der Waals surface area contributed by atoms with Gasteiger partial charge in [-0.15, -0.1) is 0 Å². The molecule has 0 bridgehead atoms. The van der Waals surface area contributed by atoms with Crippen molar-refractivity contribution in [1.29, 1.82) is 0 Å². The van der Waals surface area contributed by atoms with E-state index in [0.29, 0.717) is 29.4 Å². The molecule has 220 valence electrons. The molecule has 12 heteroatoms. The second kappa shape index (κ2) is 12.1. The van der Waals surface area contributed by atoms with Gasteiger partial charge in [0.1, 0.15) is 5.52 Å². The third-order valence-electron chi connectivity index (χ3n) is 7.79. The number of fused-ring (bicyclic) bond motifs is 2. The number of aryl methyl sites for hydroxylation is 1. The molecule has 4 aromatic rings. The van der Waals surface area contributed by atoms with Crippen molar-refractivity contribution in [2.75, 3.05) is 62.1 Å². The first-order valence-corrected chi connectivity index (χ1v) is 16.6. The first-order chi connectivity index (χ1) is 20.3. The second-order valence-electron chi connectivity index (χ2n) is 10.3. The van der Waals surface area contributed by atoms with Crippen molar-refractivity contribution >= 4 is 59.9 Å². The van der Waals surface area contributed by atoms with Gasteiger partial charge >= 0.3 is 0 Å². The zero-order chi connectivity index (χ0) is 29.3. The highest BCUT2D eigenvalue weighted by molar-refractivity contribution is 7.92. The molecule has 0 radical (unpaired) electrons. The number of benzene rings is 3. The number of carbonyl (C=O) groups excluding carboxylic acids is 1. The Morgan fingerprint density at radius 1 is 1.02 bits per heavy atom. The molecule has 0 saturated carbocycles. The Bertz CT molecular complexity index is 1700. The maximum Gasteiger partial charge on any atom is 0.264 e. The minimum absolute atomic E-state index is 0.184. The molecule has 0 aliphatic carbocycles. The van der Waals surface area contributed by atoms with Gasteiger partial charge in [-0.1, -0.05) is 41.1 Å². The van der Waals surface area contributed by atoms with E-state index in [1.807, 2.05) is 36.4 Å². The lowest BCUT2D eigenvalue weighted by molar-refractivity contribution is 0.0947. The first kappa shape index (κ1) is 28.7. The van der Waals surface area contributed by atoms with Crippen LogP contribution in [0.4, 0.5) is 10.8 Å². The summed E-state index contributed by atoms with van der Waals surface area (Å²) in [4.78, 5) is 22.3. The van der Waals surface area contributed by atoms with E-state index in [-0.39, 0.29) is 10.8 Å². The van der Waals surface area contributed by atoms with Gasteiger partial charge in [-0.25, -0.2) is 13.4 Å². The first-order valence-electron chi connectivity index (χ1n) is 13.9. The van der Waals surface area contributed by atoms with Crippen LogP contribution in [0.5, 0.6) is 5.75 Å². The maximum atomic E-state index is 13.4. The number of methoxy groups -OCH3 is 1. The number of piperazine rings is 1. The fraction of sp³-hybridized carbons (Fsp3) is 0.333. The number of nitrogens with one attached hydrogen (secondary N) is 1. The van der Waals surface area contributed by atoms with Crippen LogP contribution in [0.25, 0.3) is 10.2 Å². The molecule has 3 aromatic carbocycles. The smallest absolute Gasteiger partial charge is 0.264 e. The van der Waals surface area contributed by atoms with E-state index < -0.39 is 10.0 Å². The predicted molar refractivity (Wildman–Crippen MR) is 168 cm³/mol. The Balaban J connectivity index is 1.00. The number of amides is 1. The molecule has 0 unspecified atom stereocenters. The number of hydrogen-bond donors (Lipinski definition) is 1. The molecular weight excluding hydrogens is 594 g/mol. The minimum Gasteiger partial charge on any atom is -0.493 e. The molecule has 2 aliphatic heterocycles. The summed E-state index contributed by atoms with van der Waals surface area (Å²) in [5, 5.41) is 4.47. The van der Waals surface area contributed by atoms with Crippen LogP contribution in [0, 0.1) is 0 Å². The lowest BCUT2D eigenvalue weighted by Crippen LogP contribution is -2.48. The average molecular weight is 626 g/mol. The van der Waals surface area contributed by atoms with Crippen molar-refractivity contribution in [3.63, 3.8) is 0 Å². The number of ether oxygens (including phenoxy) is 1. The molecular formula is C30H32ClN5O4S2. The van der Waals surface area contributed by atoms with Gasteiger partial charge in [-0.3, -0.25) is 14.0 Å². The number of nitrogens with zero attached hydrogens (tertiary/aromatic N) is 4. The molecule has 0 spiro atoms. The van der Waals surface area contributed by atoms with Crippen LogP contribution in [-0.4, -0.2) is 77.1 Å². The molecule has 1 fully saturated rings. The van der Waals surface area contributed by atoms with E-state index >= 15 is 0 Å². The van der Waals surface area contributed by atoms with Crippen molar-refractivity contribution in [3.05, 3.63) is 76.8 Å². The summed E-state index contributed by atoms with van der Waals surface area (Å²) in [5.41, 5.74) is 2.99. The molecule has 1 N–H and O–H groups in total. The minimum atomic E-state index is -3.71.